The van der Waals surface area contributed by atoms with Crippen molar-refractivity contribution in [3.05, 3.63) is 18.2 Å². The van der Waals surface area contributed by atoms with Crippen LogP contribution in [-0.4, -0.2) is 33.8 Å². The van der Waals surface area contributed by atoms with E-state index in [4.69, 9.17) is 0 Å². The Morgan fingerprint density at radius 2 is 2.00 bits per heavy atom. The predicted octanol–water partition coefficient (Wildman–Crippen LogP) is 0.187. The number of aliphatic hydroxyl groups is 1. The minimum absolute atomic E-state index is 0.448. The van der Waals surface area contributed by atoms with E-state index in [1.54, 1.807) is 11.8 Å². The highest BCUT2D eigenvalue weighted by Crippen LogP contribution is 2.23. The Morgan fingerprint density at radius 3 is 2.46 bits per heavy atom. The van der Waals surface area contributed by atoms with E-state index in [1.165, 1.54) is 0 Å². The molecule has 0 amide bonds. The summed E-state index contributed by atoms with van der Waals surface area (Å²) in [5.74, 6) is 0.0176. The average Bonchev–Trinajstić information content (AvgIpc) is 2.01. The van der Waals surface area contributed by atoms with Crippen LogP contribution in [0.15, 0.2) is 12.4 Å². The molecule has 1 aromatic rings. The molecule has 5 heteroatoms. The summed E-state index contributed by atoms with van der Waals surface area (Å²) < 4.78 is 12.4. The van der Waals surface area contributed by atoms with Gasteiger partial charge < -0.3 is 10.0 Å². The zero-order valence-electron chi connectivity index (χ0n) is 7.24. The minimum atomic E-state index is -0.655. The minimum Gasteiger partial charge on any atom is -0.386 e. The van der Waals surface area contributed by atoms with Gasteiger partial charge in [0.05, 0.1) is 31.1 Å². The van der Waals surface area contributed by atoms with Crippen LogP contribution in [-0.2, 0) is 0 Å². The summed E-state index contributed by atoms with van der Waals surface area (Å²) >= 11 is 0. The maximum Gasteiger partial charge on any atom is 0.225 e. The summed E-state index contributed by atoms with van der Waals surface area (Å²) in [6.07, 6.45) is 2.24. The Morgan fingerprint density at radius 1 is 1.46 bits per heavy atom. The van der Waals surface area contributed by atoms with E-state index in [9.17, 15) is 9.50 Å². The second kappa shape index (κ2) is 2.63. The molecule has 1 aliphatic rings. The predicted molar refractivity (Wildman–Crippen MR) is 44.8 cm³/mol. The fraction of sp³-hybridized carbons (Fsp3) is 0.500. The molecule has 0 radical (unpaired) electrons. The number of aromatic nitrogens is 2. The molecule has 4 nitrogen and oxygen atoms in total. The Kier molecular flexibility index (Phi) is 1.69. The Bertz CT molecular complexity index is 304. The van der Waals surface area contributed by atoms with Crippen molar-refractivity contribution in [3.63, 3.8) is 0 Å². The first-order valence-corrected chi connectivity index (χ1v) is 4.02. The molecule has 1 fully saturated rings. The largest absolute Gasteiger partial charge is 0.386 e. The Labute approximate surface area is 75.0 Å². The number of hydrogen-bond donors (Lipinski definition) is 1. The highest BCUT2D eigenvalue weighted by Gasteiger charge is 2.37. The van der Waals surface area contributed by atoms with Gasteiger partial charge in [0.25, 0.3) is 0 Å². The number of anilines is 1. The van der Waals surface area contributed by atoms with Crippen molar-refractivity contribution < 1.29 is 9.50 Å². The van der Waals surface area contributed by atoms with Crippen molar-refractivity contribution in [1.82, 2.24) is 9.97 Å². The van der Waals surface area contributed by atoms with Gasteiger partial charge in [0.1, 0.15) is 0 Å². The van der Waals surface area contributed by atoms with Gasteiger partial charge in [0, 0.05) is 0 Å². The van der Waals surface area contributed by atoms with E-state index in [0.717, 1.165) is 12.4 Å². The van der Waals surface area contributed by atoms with Crippen LogP contribution in [0, 0.1) is 5.82 Å². The van der Waals surface area contributed by atoms with Gasteiger partial charge in [-0.15, -0.1) is 0 Å². The van der Waals surface area contributed by atoms with Crippen LogP contribution in [0.5, 0.6) is 0 Å². The second-order valence-corrected chi connectivity index (χ2v) is 3.55. The van der Waals surface area contributed by atoms with Crippen LogP contribution >= 0.6 is 0 Å². The zero-order chi connectivity index (χ0) is 9.47. The quantitative estimate of drug-likeness (QED) is 0.675. The van der Waals surface area contributed by atoms with Crippen molar-refractivity contribution in [3.8, 4) is 0 Å². The van der Waals surface area contributed by atoms with Crippen molar-refractivity contribution in [2.24, 2.45) is 0 Å². The van der Waals surface area contributed by atoms with Gasteiger partial charge in [-0.05, 0) is 6.92 Å². The van der Waals surface area contributed by atoms with E-state index in [1.807, 2.05) is 0 Å². The summed E-state index contributed by atoms with van der Waals surface area (Å²) in [4.78, 5) is 9.38. The molecule has 2 heterocycles. The van der Waals surface area contributed by atoms with Gasteiger partial charge in [0.15, 0.2) is 5.82 Å². The van der Waals surface area contributed by atoms with E-state index in [2.05, 4.69) is 9.97 Å². The van der Waals surface area contributed by atoms with Gasteiger partial charge in [-0.1, -0.05) is 0 Å². The monoisotopic (exact) mass is 183 g/mol. The maximum atomic E-state index is 12.4. The number of nitrogens with zero attached hydrogens (tertiary/aromatic N) is 3. The first kappa shape index (κ1) is 8.37. The molecule has 1 saturated heterocycles. The maximum absolute atomic E-state index is 12.4. The van der Waals surface area contributed by atoms with Crippen LogP contribution in [0.2, 0.25) is 0 Å². The molecule has 1 aromatic heterocycles. The van der Waals surface area contributed by atoms with Crippen LogP contribution in [0.3, 0.4) is 0 Å². The summed E-state index contributed by atoms with van der Waals surface area (Å²) in [7, 11) is 0. The topological polar surface area (TPSA) is 49.2 Å². The molecule has 0 spiro atoms. The van der Waals surface area contributed by atoms with Gasteiger partial charge in [-0.2, -0.15) is 0 Å². The molecule has 2 rings (SSSR count). The van der Waals surface area contributed by atoms with E-state index >= 15 is 0 Å². The molecule has 1 aliphatic heterocycles. The van der Waals surface area contributed by atoms with Crippen LogP contribution in [0.4, 0.5) is 10.3 Å². The van der Waals surface area contributed by atoms with Crippen molar-refractivity contribution in [2.45, 2.75) is 12.5 Å². The molecule has 13 heavy (non-hydrogen) atoms. The first-order chi connectivity index (χ1) is 6.07. The molecule has 0 saturated carbocycles. The van der Waals surface area contributed by atoms with Gasteiger partial charge in [-0.25, -0.2) is 14.4 Å². The van der Waals surface area contributed by atoms with E-state index < -0.39 is 11.4 Å². The molecule has 0 atom stereocenters. The zero-order valence-corrected chi connectivity index (χ0v) is 7.24. The lowest BCUT2D eigenvalue weighted by atomic mass is 9.98. The lowest BCUT2D eigenvalue weighted by molar-refractivity contribution is 0.0299. The summed E-state index contributed by atoms with van der Waals surface area (Å²) in [6.45, 7) is 2.74. The van der Waals surface area contributed by atoms with Crippen LogP contribution < -0.4 is 4.90 Å². The third kappa shape index (κ3) is 1.60. The third-order valence-electron chi connectivity index (χ3n) is 1.95. The SMILES string of the molecule is CC1(O)CN(c2ncc(F)cn2)C1. The smallest absolute Gasteiger partial charge is 0.225 e. The molecule has 0 aliphatic carbocycles. The standard InChI is InChI=1S/C8H10FN3O/c1-8(13)4-12(5-8)7-10-2-6(9)3-11-7/h2-3,13H,4-5H2,1H3. The lowest BCUT2D eigenvalue weighted by Gasteiger charge is -2.43. The summed E-state index contributed by atoms with van der Waals surface area (Å²) in [6, 6.07) is 0. The first-order valence-electron chi connectivity index (χ1n) is 4.02. The number of rotatable bonds is 1. The van der Waals surface area contributed by atoms with Crippen LogP contribution in [0.25, 0.3) is 0 Å². The number of β-amino-alcohol motifs (C(OH)–C–C–N with tert-alkyl or cyclic N) is 1. The fourth-order valence-electron chi connectivity index (χ4n) is 1.39. The van der Waals surface area contributed by atoms with E-state index in [-0.39, 0.29) is 0 Å². The van der Waals surface area contributed by atoms with Gasteiger partial charge in [-0.3, -0.25) is 0 Å². The second-order valence-electron chi connectivity index (χ2n) is 3.55. The lowest BCUT2D eigenvalue weighted by Crippen LogP contribution is -2.60. The van der Waals surface area contributed by atoms with Crippen LogP contribution in [0.1, 0.15) is 6.92 Å². The van der Waals surface area contributed by atoms with Crippen molar-refractivity contribution >= 4 is 5.95 Å². The fourth-order valence-corrected chi connectivity index (χ4v) is 1.39. The molecule has 0 aromatic carbocycles. The van der Waals surface area contributed by atoms with E-state index in [0.29, 0.717) is 19.0 Å². The molecular weight excluding hydrogens is 173 g/mol. The Hall–Kier alpha value is -1.23. The van der Waals surface area contributed by atoms with Crippen molar-refractivity contribution in [2.75, 3.05) is 18.0 Å². The highest BCUT2D eigenvalue weighted by atomic mass is 19.1. The summed E-state index contributed by atoms with van der Waals surface area (Å²) in [5, 5.41) is 9.43. The normalized spacial score (nSPS) is 19.8. The summed E-state index contributed by atoms with van der Waals surface area (Å²) in [5.41, 5.74) is -0.655. The molecule has 0 bridgehead atoms. The number of halogens is 1. The third-order valence-corrected chi connectivity index (χ3v) is 1.95. The van der Waals surface area contributed by atoms with Gasteiger partial charge >= 0.3 is 0 Å². The molecule has 70 valence electrons. The Balaban J connectivity index is 2.08. The highest BCUT2D eigenvalue weighted by molar-refractivity contribution is 5.35. The molecule has 0 unspecified atom stereocenters. The molecular formula is C8H10FN3O. The molecule has 1 N–H and O–H groups in total. The average molecular weight is 183 g/mol. The number of hydrogen-bond acceptors (Lipinski definition) is 4. The van der Waals surface area contributed by atoms with Crippen molar-refractivity contribution in [1.29, 1.82) is 0 Å². The van der Waals surface area contributed by atoms with Gasteiger partial charge in [0.2, 0.25) is 5.95 Å².